The van der Waals surface area contributed by atoms with E-state index in [0.29, 0.717) is 17.9 Å². The van der Waals surface area contributed by atoms with E-state index < -0.39 is 5.82 Å². The Morgan fingerprint density at radius 1 is 1.23 bits per heavy atom. The Balaban J connectivity index is 1.48. The molecular formula is C22H24FN5O2. The molecule has 1 atom stereocenters. The van der Waals surface area contributed by atoms with Crippen molar-refractivity contribution in [2.75, 3.05) is 30.4 Å². The first-order chi connectivity index (χ1) is 14.4. The van der Waals surface area contributed by atoms with Gasteiger partial charge in [0.2, 0.25) is 5.91 Å². The number of carbonyl (C=O) groups excluding carboxylic acids is 1. The van der Waals surface area contributed by atoms with Crippen LogP contribution in [0.3, 0.4) is 0 Å². The third-order valence-electron chi connectivity index (χ3n) is 5.49. The Labute approximate surface area is 174 Å². The first kappa shape index (κ1) is 20.0. The lowest BCUT2D eigenvalue weighted by atomic mass is 9.96. The van der Waals surface area contributed by atoms with E-state index in [1.54, 1.807) is 12.3 Å². The monoisotopic (exact) mass is 409 g/mol. The molecule has 7 nitrogen and oxygen atoms in total. The second kappa shape index (κ2) is 8.22. The number of carbonyl (C=O) groups is 1. The number of fused-ring (bicyclic) bond motifs is 1. The van der Waals surface area contributed by atoms with Gasteiger partial charge in [0.1, 0.15) is 5.52 Å². The molecule has 0 aliphatic carbocycles. The highest BCUT2D eigenvalue weighted by atomic mass is 19.1. The normalized spacial score (nSPS) is 16.5. The van der Waals surface area contributed by atoms with Crippen LogP contribution < -0.4 is 15.0 Å². The van der Waals surface area contributed by atoms with Crippen molar-refractivity contribution >= 4 is 28.4 Å². The SMILES string of the molecule is COc1ccc(NC(=O)C2CCCN(c3cnc4nc(C)c(C)nc4c3)C2)cc1F. The van der Waals surface area contributed by atoms with E-state index in [-0.39, 0.29) is 17.6 Å². The fraction of sp³-hybridized carbons (Fsp3) is 0.364. The van der Waals surface area contributed by atoms with Gasteiger partial charge in [-0.25, -0.2) is 19.3 Å². The molecule has 0 radical (unpaired) electrons. The second-order valence-corrected chi connectivity index (χ2v) is 7.55. The van der Waals surface area contributed by atoms with Crippen LogP contribution in [0.2, 0.25) is 0 Å². The number of methoxy groups -OCH3 is 1. The summed E-state index contributed by atoms with van der Waals surface area (Å²) in [5.74, 6) is -0.682. The first-order valence-corrected chi connectivity index (χ1v) is 9.95. The zero-order valence-electron chi connectivity index (χ0n) is 17.3. The first-order valence-electron chi connectivity index (χ1n) is 9.95. The number of nitrogens with zero attached hydrogens (tertiary/aromatic N) is 4. The van der Waals surface area contributed by atoms with Gasteiger partial charge in [0.05, 0.1) is 36.3 Å². The van der Waals surface area contributed by atoms with Crippen molar-refractivity contribution in [2.45, 2.75) is 26.7 Å². The topological polar surface area (TPSA) is 80.2 Å². The molecule has 4 rings (SSSR count). The smallest absolute Gasteiger partial charge is 0.229 e. The van der Waals surface area contributed by atoms with Crippen molar-refractivity contribution in [3.8, 4) is 5.75 Å². The summed E-state index contributed by atoms with van der Waals surface area (Å²) in [5, 5.41) is 2.82. The zero-order chi connectivity index (χ0) is 21.3. The van der Waals surface area contributed by atoms with E-state index in [2.05, 4.69) is 25.2 Å². The van der Waals surface area contributed by atoms with Gasteiger partial charge >= 0.3 is 0 Å². The van der Waals surface area contributed by atoms with Gasteiger partial charge in [-0.05, 0) is 44.9 Å². The molecule has 0 saturated carbocycles. The Morgan fingerprint density at radius 2 is 2.03 bits per heavy atom. The van der Waals surface area contributed by atoms with E-state index >= 15 is 0 Å². The Hall–Kier alpha value is -3.29. The highest BCUT2D eigenvalue weighted by Gasteiger charge is 2.26. The molecule has 1 saturated heterocycles. The van der Waals surface area contributed by atoms with Crippen LogP contribution in [0, 0.1) is 25.6 Å². The van der Waals surface area contributed by atoms with Crippen LogP contribution in [0.25, 0.3) is 11.2 Å². The van der Waals surface area contributed by atoms with Gasteiger partial charge < -0.3 is 15.0 Å². The predicted molar refractivity (Wildman–Crippen MR) is 113 cm³/mol. The molecule has 30 heavy (non-hydrogen) atoms. The fourth-order valence-corrected chi connectivity index (χ4v) is 3.69. The number of piperidine rings is 1. The summed E-state index contributed by atoms with van der Waals surface area (Å²) >= 11 is 0. The molecule has 1 fully saturated rings. The Bertz CT molecular complexity index is 1100. The van der Waals surface area contributed by atoms with Crippen molar-refractivity contribution < 1.29 is 13.9 Å². The van der Waals surface area contributed by atoms with Crippen LogP contribution in [-0.4, -0.2) is 41.1 Å². The molecule has 2 aromatic heterocycles. The third kappa shape index (κ3) is 4.03. The van der Waals surface area contributed by atoms with Gasteiger partial charge in [-0.1, -0.05) is 0 Å². The number of nitrogens with one attached hydrogen (secondary N) is 1. The van der Waals surface area contributed by atoms with Crippen molar-refractivity contribution in [3.63, 3.8) is 0 Å². The minimum Gasteiger partial charge on any atom is -0.494 e. The number of anilines is 2. The number of halogens is 1. The van der Waals surface area contributed by atoms with Crippen LogP contribution >= 0.6 is 0 Å². The molecule has 3 aromatic rings. The molecule has 0 spiro atoms. The summed E-state index contributed by atoms with van der Waals surface area (Å²) < 4.78 is 18.8. The third-order valence-corrected chi connectivity index (χ3v) is 5.49. The summed E-state index contributed by atoms with van der Waals surface area (Å²) in [6, 6.07) is 6.38. The van der Waals surface area contributed by atoms with Crippen molar-refractivity contribution in [2.24, 2.45) is 5.92 Å². The quantitative estimate of drug-likeness (QED) is 0.709. The lowest BCUT2D eigenvalue weighted by molar-refractivity contribution is -0.120. The molecule has 1 N–H and O–H groups in total. The maximum absolute atomic E-state index is 13.9. The van der Waals surface area contributed by atoms with Gasteiger partial charge in [-0.3, -0.25) is 4.79 Å². The van der Waals surface area contributed by atoms with E-state index in [9.17, 15) is 9.18 Å². The number of ether oxygens (including phenoxy) is 1. The molecule has 1 amide bonds. The highest BCUT2D eigenvalue weighted by Crippen LogP contribution is 2.26. The highest BCUT2D eigenvalue weighted by molar-refractivity contribution is 5.93. The zero-order valence-corrected chi connectivity index (χ0v) is 17.3. The molecular weight excluding hydrogens is 385 g/mol. The van der Waals surface area contributed by atoms with Gasteiger partial charge in [0, 0.05) is 24.8 Å². The fourth-order valence-electron chi connectivity index (χ4n) is 3.69. The minimum absolute atomic E-state index is 0.121. The van der Waals surface area contributed by atoms with Crippen LogP contribution in [0.1, 0.15) is 24.2 Å². The number of hydrogen-bond donors (Lipinski definition) is 1. The molecule has 1 aliphatic heterocycles. The maximum Gasteiger partial charge on any atom is 0.229 e. The average molecular weight is 409 g/mol. The predicted octanol–water partition coefficient (Wildman–Crippen LogP) is 3.64. The number of amides is 1. The summed E-state index contributed by atoms with van der Waals surface area (Å²) in [4.78, 5) is 28.4. The Morgan fingerprint density at radius 3 is 2.80 bits per heavy atom. The lowest BCUT2D eigenvalue weighted by Gasteiger charge is -2.33. The summed E-state index contributed by atoms with van der Waals surface area (Å²) in [7, 11) is 1.41. The number of pyridine rings is 1. The van der Waals surface area contributed by atoms with Crippen LogP contribution in [0.5, 0.6) is 5.75 Å². The second-order valence-electron chi connectivity index (χ2n) is 7.55. The van der Waals surface area contributed by atoms with Crippen molar-refractivity contribution in [1.29, 1.82) is 0 Å². The van der Waals surface area contributed by atoms with Crippen LogP contribution in [0.15, 0.2) is 30.5 Å². The van der Waals surface area contributed by atoms with E-state index in [4.69, 9.17) is 4.74 Å². The van der Waals surface area contributed by atoms with Crippen molar-refractivity contribution in [1.82, 2.24) is 15.0 Å². The standard InChI is InChI=1S/C22H24FN5O2/c1-13-14(2)26-21-19(25-13)10-17(11-24-21)28-8-4-5-15(12-28)22(29)27-16-6-7-20(30-3)18(23)9-16/h6-7,9-11,15H,4-5,8,12H2,1-3H3,(H,27,29). The number of aryl methyl sites for hydroxylation is 2. The van der Waals surface area contributed by atoms with E-state index in [1.807, 2.05) is 19.9 Å². The van der Waals surface area contributed by atoms with Gasteiger partial charge in [0.25, 0.3) is 0 Å². The largest absolute Gasteiger partial charge is 0.494 e. The summed E-state index contributed by atoms with van der Waals surface area (Å²) in [6.07, 6.45) is 3.44. The molecule has 0 bridgehead atoms. The molecule has 156 valence electrons. The molecule has 8 heteroatoms. The molecule has 1 unspecified atom stereocenters. The maximum atomic E-state index is 13.9. The summed E-state index contributed by atoms with van der Waals surface area (Å²) in [6.45, 7) is 5.25. The van der Waals surface area contributed by atoms with Gasteiger partial charge in [-0.15, -0.1) is 0 Å². The summed E-state index contributed by atoms with van der Waals surface area (Å²) in [5.41, 5.74) is 4.46. The van der Waals surface area contributed by atoms with Gasteiger partial charge in [0.15, 0.2) is 17.2 Å². The molecule has 1 aliphatic rings. The lowest BCUT2D eigenvalue weighted by Crippen LogP contribution is -2.40. The Kier molecular flexibility index (Phi) is 5.48. The van der Waals surface area contributed by atoms with E-state index in [0.717, 1.165) is 42.0 Å². The number of rotatable bonds is 4. The average Bonchev–Trinajstić information content (AvgIpc) is 2.74. The van der Waals surface area contributed by atoms with Gasteiger partial charge in [-0.2, -0.15) is 0 Å². The number of benzene rings is 1. The molecule has 3 heterocycles. The van der Waals surface area contributed by atoms with Crippen molar-refractivity contribution in [3.05, 3.63) is 47.7 Å². The van der Waals surface area contributed by atoms with Crippen LogP contribution in [-0.2, 0) is 4.79 Å². The van der Waals surface area contributed by atoms with Crippen LogP contribution in [0.4, 0.5) is 15.8 Å². The molecule has 1 aromatic carbocycles. The van der Waals surface area contributed by atoms with E-state index in [1.165, 1.54) is 19.2 Å². The number of hydrogen-bond acceptors (Lipinski definition) is 6. The number of aromatic nitrogens is 3. The minimum atomic E-state index is -0.505.